The standard InChI is InChI=1S/4C19H16N3O.C10H14O4.2Ir/c4*1-13(2)23-19-12-11-18(14-7-3-4-8-15(14)19)22-20-16-9-5-6-10-17(16)21-22;1-5(11)9(6(2)12)10(7(3)13)8(4)14;;/h4*3-10,12-13H,1-2H3;11,13H,1-4H3;;/q4*-1;;;. The van der Waals surface area contributed by atoms with E-state index in [1.807, 2.05) is 274 Å². The van der Waals surface area contributed by atoms with Crippen LogP contribution in [0.3, 0.4) is 0 Å². The molecule has 0 saturated heterocycles. The fraction of sp³-hybridized carbons (Fsp3) is 0.186. The molecule has 0 aliphatic heterocycles. The Balaban J connectivity index is 0.000000145. The van der Waals surface area contributed by atoms with Crippen LogP contribution in [0.15, 0.2) is 241 Å². The van der Waals surface area contributed by atoms with Crippen LogP contribution < -0.4 is 18.9 Å². The Bertz CT molecular complexity index is 5110. The Morgan fingerprint density at radius 2 is 0.444 bits per heavy atom. The number of aliphatic hydroxyl groups excluding tert-OH is 2. The molecule has 0 bridgehead atoms. The van der Waals surface area contributed by atoms with Gasteiger partial charge in [-0.25, -0.2) is 0 Å². The van der Waals surface area contributed by atoms with Crippen LogP contribution in [0.1, 0.15) is 83.1 Å². The van der Waals surface area contributed by atoms with Crippen molar-refractivity contribution < 1.29 is 79.0 Å². The van der Waals surface area contributed by atoms with Crippen LogP contribution >= 0.6 is 0 Å². The van der Waals surface area contributed by atoms with Gasteiger partial charge in [-0.1, -0.05) is 164 Å². The molecule has 2 N–H and O–H groups in total. The van der Waals surface area contributed by atoms with Gasteiger partial charge >= 0.3 is 0 Å². The van der Waals surface area contributed by atoms with Crippen molar-refractivity contribution in [1.82, 2.24) is 60.0 Å². The number of hydrogen-bond acceptors (Lipinski definition) is 16. The molecule has 20 nitrogen and oxygen atoms in total. The van der Waals surface area contributed by atoms with Crippen LogP contribution in [0.2, 0.25) is 0 Å². The number of ketones is 2. The molecule has 12 aromatic carbocycles. The van der Waals surface area contributed by atoms with Gasteiger partial charge in [0.15, 0.2) is 11.6 Å². The largest absolute Gasteiger partial charge is 0.548 e. The fourth-order valence-corrected chi connectivity index (χ4v) is 11.9. The zero-order valence-corrected chi connectivity index (χ0v) is 66.3. The fourth-order valence-electron chi connectivity index (χ4n) is 11.9. The minimum Gasteiger partial charge on any atom is -0.548 e. The number of carbonyl (C=O) groups is 2. The van der Waals surface area contributed by atoms with E-state index in [2.05, 4.69) is 65.1 Å². The van der Waals surface area contributed by atoms with Gasteiger partial charge in [-0.15, -0.1) is 48.5 Å². The summed E-state index contributed by atoms with van der Waals surface area (Å²) < 4.78 is 23.6. The number of fused-ring (bicyclic) bond motifs is 8. The summed E-state index contributed by atoms with van der Waals surface area (Å²) in [6.07, 6.45) is 0.456. The van der Waals surface area contributed by atoms with E-state index < -0.39 is 11.6 Å². The summed E-state index contributed by atoms with van der Waals surface area (Å²) in [5.74, 6) is 1.87. The van der Waals surface area contributed by atoms with Crippen LogP contribution in [0.25, 0.3) is 110 Å². The normalized spacial score (nSPS) is 11.6. The van der Waals surface area contributed by atoms with Crippen molar-refractivity contribution in [3.63, 3.8) is 0 Å². The van der Waals surface area contributed by atoms with Gasteiger partial charge in [0.2, 0.25) is 0 Å². The first-order valence-corrected chi connectivity index (χ1v) is 34.7. The molecule has 2 radical (unpaired) electrons. The molecule has 0 spiro atoms. The van der Waals surface area contributed by atoms with Crippen LogP contribution in [0, 0.1) is 24.3 Å². The van der Waals surface area contributed by atoms with Crippen molar-refractivity contribution in [2.75, 3.05) is 0 Å². The number of hydrogen-bond donors (Lipinski definition) is 2. The minimum absolute atomic E-state index is 0. The number of Topliss-reactive ketones (excluding diaryl/α,β-unsaturated/α-hetero) is 2. The zero-order valence-electron chi connectivity index (χ0n) is 61.5. The van der Waals surface area contributed by atoms with E-state index in [1.165, 1.54) is 27.7 Å². The van der Waals surface area contributed by atoms with Crippen molar-refractivity contribution in [2.45, 2.75) is 108 Å². The summed E-state index contributed by atoms with van der Waals surface area (Å²) in [5.41, 5.74) is 10.00. The van der Waals surface area contributed by atoms with Gasteiger partial charge in [0.25, 0.3) is 0 Å². The van der Waals surface area contributed by atoms with E-state index in [0.29, 0.717) is 0 Å². The van der Waals surface area contributed by atoms with E-state index >= 15 is 0 Å². The van der Waals surface area contributed by atoms with E-state index in [4.69, 9.17) is 18.9 Å². The second-order valence-corrected chi connectivity index (χ2v) is 25.8. The molecular formula is C86H78Ir2N12O8-4. The van der Waals surface area contributed by atoms with Gasteiger partial charge < -0.3 is 29.2 Å². The summed E-state index contributed by atoms with van der Waals surface area (Å²) in [6.45, 7) is 21.2. The van der Waals surface area contributed by atoms with E-state index in [9.17, 15) is 19.8 Å². The van der Waals surface area contributed by atoms with Crippen LogP contribution in [-0.4, -0.2) is 106 Å². The summed E-state index contributed by atoms with van der Waals surface area (Å²) in [5, 5.41) is 63.1. The SMILES string of the molecule is CC(=O)C(=C(C)O)C(C(C)=O)=C(C)O.CC(C)Oc1c[c-]c(-n2nc3ccccc3n2)c2ccccc12.CC(C)Oc1c[c-]c(-n2nc3ccccc3n2)c2ccccc12.CC(C)Oc1c[c-]c(-n2nc3ccccc3n2)c2ccccc12.CC(C)Oc1c[c-]c(-n2nc3ccccc3n2)c2ccccc12.[Ir].[Ir]. The Morgan fingerprint density at radius 1 is 0.287 bits per heavy atom. The molecular weight excluding hydrogens is 1710 g/mol. The van der Waals surface area contributed by atoms with Gasteiger partial charge in [-0.05, 0) is 154 Å². The minimum atomic E-state index is -0.455. The Hall–Kier alpha value is -11.8. The molecule has 0 atom stereocenters. The second-order valence-electron chi connectivity index (χ2n) is 25.8. The Labute approximate surface area is 651 Å². The third-order valence-electron chi connectivity index (χ3n) is 16.2. The van der Waals surface area contributed by atoms with Crippen LogP contribution in [0.4, 0.5) is 0 Å². The van der Waals surface area contributed by atoms with Gasteiger partial charge in [-0.2, -0.15) is 84.2 Å². The molecule has 0 amide bonds. The maximum absolute atomic E-state index is 11.1. The smallest absolute Gasteiger partial charge is 0.164 e. The number of nitrogens with zero attached hydrogens (tertiary/aromatic N) is 12. The molecule has 16 aromatic rings. The molecule has 0 fully saturated rings. The number of aliphatic hydroxyl groups is 2. The molecule has 0 aliphatic rings. The molecule has 108 heavy (non-hydrogen) atoms. The van der Waals surface area contributed by atoms with E-state index in [-0.39, 0.29) is 87.3 Å². The van der Waals surface area contributed by atoms with Crippen molar-refractivity contribution in [1.29, 1.82) is 0 Å². The quantitative estimate of drug-likeness (QED) is 0.0420. The van der Waals surface area contributed by atoms with Gasteiger partial charge in [0.05, 0.1) is 35.6 Å². The molecule has 4 heterocycles. The number of carbonyl (C=O) groups excluding carboxylic acids is 2. The maximum Gasteiger partial charge on any atom is 0.164 e. The van der Waals surface area contributed by atoms with Gasteiger partial charge in [0, 0.05) is 63.2 Å². The first-order chi connectivity index (χ1) is 51.2. The number of aromatic nitrogens is 12. The maximum atomic E-state index is 11.1. The van der Waals surface area contributed by atoms with Crippen LogP contribution in [-0.2, 0) is 49.8 Å². The van der Waals surface area contributed by atoms with Crippen LogP contribution in [0.5, 0.6) is 23.0 Å². The average molecular weight is 1790 g/mol. The summed E-state index contributed by atoms with van der Waals surface area (Å²) in [7, 11) is 0. The first kappa shape index (κ1) is 78.8. The molecule has 0 saturated carbocycles. The van der Waals surface area contributed by atoms with Crippen molar-refractivity contribution >= 4 is 98.8 Å². The Morgan fingerprint density at radius 3 is 0.593 bits per heavy atom. The Kier molecular flexibility index (Phi) is 25.9. The van der Waals surface area contributed by atoms with Gasteiger partial charge in [0.1, 0.15) is 55.7 Å². The van der Waals surface area contributed by atoms with E-state index in [1.54, 1.807) is 19.2 Å². The monoisotopic (exact) mass is 1790 g/mol. The predicted octanol–water partition coefficient (Wildman–Crippen LogP) is 18.5. The summed E-state index contributed by atoms with van der Waals surface area (Å²) in [6, 6.07) is 84.3. The third kappa shape index (κ3) is 18.2. The number of benzene rings is 12. The topological polar surface area (TPSA) is 234 Å². The number of allylic oxidation sites excluding steroid dienone is 4. The number of ether oxygens (including phenoxy) is 4. The summed E-state index contributed by atoms with van der Waals surface area (Å²) >= 11 is 0. The predicted molar refractivity (Wildman–Crippen MR) is 416 cm³/mol. The molecule has 4 aromatic heterocycles. The number of rotatable bonds is 15. The molecule has 16 rings (SSSR count). The average Bonchev–Trinajstić information content (AvgIpc) is 1.63. The molecule has 0 unspecified atom stereocenters. The summed E-state index contributed by atoms with van der Waals surface area (Å²) in [4.78, 5) is 28.8. The van der Waals surface area contributed by atoms with Crippen molar-refractivity contribution in [3.8, 4) is 45.7 Å². The molecule has 552 valence electrons. The zero-order chi connectivity index (χ0) is 74.7. The third-order valence-corrected chi connectivity index (χ3v) is 16.2. The van der Waals surface area contributed by atoms with Crippen molar-refractivity contribution in [2.24, 2.45) is 0 Å². The van der Waals surface area contributed by atoms with Gasteiger partial charge in [-0.3, -0.25) is 9.59 Å². The second kappa shape index (κ2) is 35.5. The first-order valence-electron chi connectivity index (χ1n) is 34.7. The van der Waals surface area contributed by atoms with E-state index in [0.717, 1.165) is 133 Å². The molecule has 0 aliphatic carbocycles. The van der Waals surface area contributed by atoms with Crippen molar-refractivity contribution in [3.05, 3.63) is 265 Å². The molecule has 22 heteroatoms.